The zero-order valence-electron chi connectivity index (χ0n) is 13.8. The number of halogens is 3. The van der Waals surface area contributed by atoms with Gasteiger partial charge in [-0.05, 0) is 55.0 Å². The molecule has 0 radical (unpaired) electrons. The highest BCUT2D eigenvalue weighted by atomic mass is 35.5. The molecule has 0 unspecified atom stereocenters. The number of anilines is 2. The van der Waals surface area contributed by atoms with Crippen molar-refractivity contribution in [1.82, 2.24) is 9.78 Å². The van der Waals surface area contributed by atoms with E-state index in [0.717, 1.165) is 16.9 Å². The summed E-state index contributed by atoms with van der Waals surface area (Å²) in [5.74, 6) is 0.645. The third-order valence-electron chi connectivity index (χ3n) is 3.64. The molecule has 26 heavy (non-hydrogen) atoms. The summed E-state index contributed by atoms with van der Waals surface area (Å²) in [5, 5.41) is 13.0. The molecule has 8 heteroatoms. The van der Waals surface area contributed by atoms with Gasteiger partial charge in [-0.2, -0.15) is 5.10 Å². The van der Waals surface area contributed by atoms with Crippen molar-refractivity contribution in [3.8, 4) is 0 Å². The van der Waals surface area contributed by atoms with Crippen LogP contribution in [0.4, 0.5) is 11.5 Å². The number of nitrogens with zero attached hydrogens (tertiary/aromatic N) is 2. The Morgan fingerprint density at radius 1 is 1.04 bits per heavy atom. The first-order valence-corrected chi connectivity index (χ1v) is 9.27. The van der Waals surface area contributed by atoms with Gasteiger partial charge in [0.25, 0.3) is 0 Å². The fourth-order valence-electron chi connectivity index (χ4n) is 2.39. The molecule has 0 atom stereocenters. The molecular weight excluding hydrogens is 411 g/mol. The maximum Gasteiger partial charge on any atom is 0.176 e. The van der Waals surface area contributed by atoms with Gasteiger partial charge in [0.2, 0.25) is 0 Å². The van der Waals surface area contributed by atoms with Crippen molar-refractivity contribution in [1.29, 1.82) is 0 Å². The number of aryl methyl sites for hydroxylation is 1. The van der Waals surface area contributed by atoms with Crippen LogP contribution in [0.5, 0.6) is 0 Å². The molecule has 0 aliphatic carbocycles. The van der Waals surface area contributed by atoms with E-state index in [-0.39, 0.29) is 0 Å². The van der Waals surface area contributed by atoms with E-state index in [2.05, 4.69) is 15.7 Å². The summed E-state index contributed by atoms with van der Waals surface area (Å²) in [6, 6.07) is 14.7. The fraction of sp³-hybridized carbons (Fsp3) is 0.111. The van der Waals surface area contributed by atoms with Gasteiger partial charge in [0.15, 0.2) is 10.9 Å². The Balaban J connectivity index is 1.68. The van der Waals surface area contributed by atoms with E-state index in [1.165, 1.54) is 0 Å². The first-order valence-electron chi connectivity index (χ1n) is 7.72. The van der Waals surface area contributed by atoms with Crippen molar-refractivity contribution in [2.45, 2.75) is 13.5 Å². The average molecular weight is 426 g/mol. The van der Waals surface area contributed by atoms with Crippen LogP contribution in [-0.2, 0) is 6.54 Å². The van der Waals surface area contributed by atoms with Crippen molar-refractivity contribution in [2.24, 2.45) is 0 Å². The number of thiocarbonyl (C=S) groups is 1. The van der Waals surface area contributed by atoms with E-state index in [9.17, 15) is 0 Å². The third kappa shape index (κ3) is 4.89. The minimum absolute atomic E-state index is 0.432. The molecule has 4 nitrogen and oxygen atoms in total. The van der Waals surface area contributed by atoms with Crippen LogP contribution in [0.3, 0.4) is 0 Å². The molecule has 0 fully saturated rings. The normalized spacial score (nSPS) is 10.6. The van der Waals surface area contributed by atoms with Crippen LogP contribution in [0.2, 0.25) is 15.1 Å². The van der Waals surface area contributed by atoms with Gasteiger partial charge < -0.3 is 10.6 Å². The average Bonchev–Trinajstić information content (AvgIpc) is 2.89. The van der Waals surface area contributed by atoms with Crippen molar-refractivity contribution in [2.75, 3.05) is 10.6 Å². The minimum Gasteiger partial charge on any atom is -0.332 e. The molecule has 3 rings (SSSR count). The molecule has 0 aliphatic heterocycles. The molecule has 134 valence electrons. The summed E-state index contributed by atoms with van der Waals surface area (Å²) in [7, 11) is 0. The summed E-state index contributed by atoms with van der Waals surface area (Å²) in [4.78, 5) is 0. The van der Waals surface area contributed by atoms with Crippen molar-refractivity contribution in [3.05, 3.63) is 74.9 Å². The zero-order chi connectivity index (χ0) is 18.7. The predicted octanol–water partition coefficient (Wildman–Crippen LogP) is 6.01. The van der Waals surface area contributed by atoms with Gasteiger partial charge >= 0.3 is 0 Å². The van der Waals surface area contributed by atoms with E-state index in [4.69, 9.17) is 47.0 Å². The lowest BCUT2D eigenvalue weighted by Crippen LogP contribution is -2.19. The second-order valence-corrected chi connectivity index (χ2v) is 7.34. The first-order chi connectivity index (χ1) is 12.4. The van der Waals surface area contributed by atoms with Crippen LogP contribution in [0, 0.1) is 6.92 Å². The lowest BCUT2D eigenvalue weighted by atomic mass is 10.2. The zero-order valence-corrected chi connectivity index (χ0v) is 16.8. The standard InChI is InChI=1S/C18H15Cl3N4S/c1-11-7-17(23-18(26)22-15-4-2-3-13(19)8-15)24-25(11)10-12-5-6-14(20)9-16(12)21/h2-9H,10H2,1H3,(H2,22,23,24,26). The fourth-order valence-corrected chi connectivity index (χ4v) is 3.27. The quantitative estimate of drug-likeness (QED) is 0.502. The maximum atomic E-state index is 6.24. The molecule has 0 bridgehead atoms. The molecule has 0 aliphatic rings. The molecule has 1 aromatic heterocycles. The summed E-state index contributed by atoms with van der Waals surface area (Å²) in [6.07, 6.45) is 0. The van der Waals surface area contributed by atoms with E-state index >= 15 is 0 Å². The van der Waals surface area contributed by atoms with Gasteiger partial charge in [-0.15, -0.1) is 0 Å². The second-order valence-electron chi connectivity index (χ2n) is 5.65. The molecular formula is C18H15Cl3N4S. The van der Waals surface area contributed by atoms with Crippen LogP contribution >= 0.6 is 47.0 Å². The second kappa shape index (κ2) is 8.27. The van der Waals surface area contributed by atoms with Gasteiger partial charge in [-0.25, -0.2) is 0 Å². The Kier molecular flexibility index (Phi) is 6.04. The molecule has 3 aromatic rings. The molecule has 2 aromatic carbocycles. The Labute approximate surface area is 172 Å². The van der Waals surface area contributed by atoms with Crippen molar-refractivity contribution in [3.63, 3.8) is 0 Å². The first kappa shape index (κ1) is 19.0. The number of rotatable bonds is 4. The van der Waals surface area contributed by atoms with Crippen LogP contribution in [0.15, 0.2) is 48.5 Å². The highest BCUT2D eigenvalue weighted by Crippen LogP contribution is 2.23. The van der Waals surface area contributed by atoms with Gasteiger partial charge in [-0.3, -0.25) is 4.68 Å². The minimum atomic E-state index is 0.432. The van der Waals surface area contributed by atoms with Crippen LogP contribution in [0.1, 0.15) is 11.3 Å². The van der Waals surface area contributed by atoms with E-state index in [0.29, 0.717) is 32.5 Å². The summed E-state index contributed by atoms with van der Waals surface area (Å²) >= 11 is 23.5. The number of hydrogen-bond acceptors (Lipinski definition) is 2. The summed E-state index contributed by atoms with van der Waals surface area (Å²) in [6.45, 7) is 2.51. The summed E-state index contributed by atoms with van der Waals surface area (Å²) < 4.78 is 1.85. The number of aromatic nitrogens is 2. The smallest absolute Gasteiger partial charge is 0.176 e. The van der Waals surface area contributed by atoms with Gasteiger partial charge in [0, 0.05) is 32.5 Å². The number of hydrogen-bond donors (Lipinski definition) is 2. The molecule has 0 spiro atoms. The van der Waals surface area contributed by atoms with Gasteiger partial charge in [0.05, 0.1) is 6.54 Å². The molecule has 0 saturated heterocycles. The topological polar surface area (TPSA) is 41.9 Å². The lowest BCUT2D eigenvalue weighted by Gasteiger charge is -2.09. The number of benzene rings is 2. The van der Waals surface area contributed by atoms with Gasteiger partial charge in [-0.1, -0.05) is 46.9 Å². The Hall–Kier alpha value is -1.79. The van der Waals surface area contributed by atoms with Gasteiger partial charge in [0.1, 0.15) is 0 Å². The van der Waals surface area contributed by atoms with Crippen molar-refractivity contribution < 1.29 is 0 Å². The Morgan fingerprint density at radius 3 is 2.54 bits per heavy atom. The van der Waals surface area contributed by atoms with E-state index < -0.39 is 0 Å². The van der Waals surface area contributed by atoms with E-state index in [1.54, 1.807) is 18.2 Å². The predicted molar refractivity (Wildman–Crippen MR) is 114 cm³/mol. The number of nitrogens with one attached hydrogen (secondary N) is 2. The van der Waals surface area contributed by atoms with E-state index in [1.807, 2.05) is 41.9 Å². The molecule has 2 N–H and O–H groups in total. The largest absolute Gasteiger partial charge is 0.332 e. The SMILES string of the molecule is Cc1cc(NC(=S)Nc2cccc(Cl)c2)nn1Cc1ccc(Cl)cc1Cl. The maximum absolute atomic E-state index is 6.24. The third-order valence-corrected chi connectivity index (χ3v) is 4.67. The monoisotopic (exact) mass is 424 g/mol. The molecule has 0 amide bonds. The van der Waals surface area contributed by atoms with Crippen LogP contribution < -0.4 is 10.6 Å². The van der Waals surface area contributed by atoms with Crippen LogP contribution in [-0.4, -0.2) is 14.9 Å². The lowest BCUT2D eigenvalue weighted by molar-refractivity contribution is 0.668. The highest BCUT2D eigenvalue weighted by Gasteiger charge is 2.09. The van der Waals surface area contributed by atoms with Crippen molar-refractivity contribution >= 4 is 63.6 Å². The van der Waals surface area contributed by atoms with Crippen LogP contribution in [0.25, 0.3) is 0 Å². The molecule has 0 saturated carbocycles. The Bertz CT molecular complexity index is 955. The Morgan fingerprint density at radius 2 is 1.81 bits per heavy atom. The molecule has 1 heterocycles. The highest BCUT2D eigenvalue weighted by molar-refractivity contribution is 7.80. The summed E-state index contributed by atoms with van der Waals surface area (Å²) in [5.41, 5.74) is 2.72.